The van der Waals surface area contributed by atoms with Crippen molar-refractivity contribution < 1.29 is 20.4 Å². The molecule has 4 fully saturated rings. The van der Waals surface area contributed by atoms with E-state index >= 15 is 0 Å². The zero-order chi connectivity index (χ0) is 18.9. The lowest BCUT2D eigenvalue weighted by molar-refractivity contribution is -0.183. The summed E-state index contributed by atoms with van der Waals surface area (Å²) >= 11 is 5.63. The highest BCUT2D eigenvalue weighted by atomic mass is 35.5. The molecule has 146 valence electrons. The summed E-state index contributed by atoms with van der Waals surface area (Å²) in [7, 11) is 0. The van der Waals surface area contributed by atoms with Gasteiger partial charge in [0.15, 0.2) is 5.60 Å². The van der Waals surface area contributed by atoms with Gasteiger partial charge in [-0.25, -0.2) is 0 Å². The zero-order valence-corrected chi connectivity index (χ0v) is 16.4. The summed E-state index contributed by atoms with van der Waals surface area (Å²) in [5, 5.41) is 44.9. The molecule has 4 saturated carbocycles. The number of aliphatic hydroxyl groups excluding tert-OH is 3. The van der Waals surface area contributed by atoms with E-state index in [1.165, 1.54) is 0 Å². The minimum atomic E-state index is -1.44. The highest BCUT2D eigenvalue weighted by Crippen LogP contribution is 2.68. The molecule has 0 aliphatic heterocycles. The van der Waals surface area contributed by atoms with Crippen LogP contribution in [0.5, 0.6) is 0 Å². The summed E-state index contributed by atoms with van der Waals surface area (Å²) in [6.45, 7) is 4.36. The van der Waals surface area contributed by atoms with Crippen LogP contribution in [0.1, 0.15) is 58.8 Å². The predicted octanol–water partition coefficient (Wildman–Crippen LogP) is 2.26. The number of aliphatic hydroxyl groups is 4. The van der Waals surface area contributed by atoms with Crippen LogP contribution in [0.25, 0.3) is 0 Å². The summed E-state index contributed by atoms with van der Waals surface area (Å²) in [6.07, 6.45) is 3.71. The van der Waals surface area contributed by atoms with Gasteiger partial charge in [-0.1, -0.05) is 13.8 Å². The van der Waals surface area contributed by atoms with E-state index in [1.807, 2.05) is 0 Å². The van der Waals surface area contributed by atoms with Crippen molar-refractivity contribution in [3.63, 3.8) is 0 Å². The average Bonchev–Trinajstić information content (AvgIpc) is 2.79. The number of hydrogen-bond acceptors (Lipinski definition) is 4. The average molecular weight is 383 g/mol. The SMILES string of the molecule is C[C@]12CCC(O)C(O)C1CC[C@@H]1[C@H]2CC[C@@]2(C)[C@H]1CC(O)C2(O)C#CCl. The van der Waals surface area contributed by atoms with Gasteiger partial charge in [-0.3, -0.25) is 0 Å². The van der Waals surface area contributed by atoms with E-state index in [0.717, 1.165) is 32.1 Å². The Morgan fingerprint density at radius 3 is 2.35 bits per heavy atom. The fourth-order valence-corrected chi connectivity index (χ4v) is 7.78. The van der Waals surface area contributed by atoms with Crippen molar-refractivity contribution in [3.05, 3.63) is 0 Å². The van der Waals surface area contributed by atoms with Gasteiger partial charge >= 0.3 is 0 Å². The topological polar surface area (TPSA) is 80.9 Å². The molecule has 0 bridgehead atoms. The monoisotopic (exact) mass is 382 g/mol. The van der Waals surface area contributed by atoms with Crippen molar-refractivity contribution >= 4 is 11.6 Å². The van der Waals surface area contributed by atoms with Gasteiger partial charge in [-0.05, 0) is 91.6 Å². The molecule has 26 heavy (non-hydrogen) atoms. The molecule has 4 aliphatic rings. The van der Waals surface area contributed by atoms with Gasteiger partial charge in [0.2, 0.25) is 0 Å². The Labute approximate surface area is 160 Å². The summed E-state index contributed by atoms with van der Waals surface area (Å²) in [5.74, 6) is 3.96. The van der Waals surface area contributed by atoms with Gasteiger partial charge in [0, 0.05) is 10.8 Å². The van der Waals surface area contributed by atoms with Gasteiger partial charge in [0.1, 0.15) is 0 Å². The second-order valence-corrected chi connectivity index (χ2v) is 10.0. The van der Waals surface area contributed by atoms with Gasteiger partial charge in [-0.15, -0.1) is 0 Å². The van der Waals surface area contributed by atoms with E-state index in [0.29, 0.717) is 24.7 Å². The van der Waals surface area contributed by atoms with Crippen LogP contribution in [0.15, 0.2) is 0 Å². The fraction of sp³-hybridized carbons (Fsp3) is 0.905. The standard InChI is InChI=1S/C21H31ClO4/c1-19-7-6-16(23)18(25)14(19)4-3-12-13(19)5-8-20(2)15(12)11-17(24)21(20,26)9-10-22/h12-18,23-26H,3-8,11H2,1-2H3/t12-,13-,14?,15+,16?,17?,18?,19-,20+,21?/m1/s1. The maximum Gasteiger partial charge on any atom is 0.157 e. The van der Waals surface area contributed by atoms with Gasteiger partial charge in [0.25, 0.3) is 0 Å². The van der Waals surface area contributed by atoms with Gasteiger partial charge in [0.05, 0.1) is 18.3 Å². The zero-order valence-electron chi connectivity index (χ0n) is 15.7. The summed E-state index contributed by atoms with van der Waals surface area (Å²) in [6, 6.07) is 0. The third kappa shape index (κ3) is 2.25. The Morgan fingerprint density at radius 2 is 1.65 bits per heavy atom. The van der Waals surface area contributed by atoms with Crippen molar-refractivity contribution in [1.29, 1.82) is 0 Å². The molecule has 4 aliphatic carbocycles. The quantitative estimate of drug-likeness (QED) is 0.484. The molecule has 4 rings (SSSR count). The van der Waals surface area contributed by atoms with E-state index in [4.69, 9.17) is 11.6 Å². The van der Waals surface area contributed by atoms with Crippen LogP contribution < -0.4 is 0 Å². The molecule has 0 aromatic heterocycles. The lowest BCUT2D eigenvalue weighted by Crippen LogP contribution is -2.60. The van der Waals surface area contributed by atoms with Crippen LogP contribution in [0, 0.1) is 45.8 Å². The van der Waals surface area contributed by atoms with Crippen molar-refractivity contribution in [2.24, 2.45) is 34.5 Å². The molecule has 0 aromatic carbocycles. The normalized spacial score (nSPS) is 58.8. The van der Waals surface area contributed by atoms with Crippen LogP contribution >= 0.6 is 11.6 Å². The number of rotatable bonds is 0. The first-order chi connectivity index (χ1) is 12.2. The number of fused-ring (bicyclic) bond motifs is 5. The van der Waals surface area contributed by atoms with Gasteiger partial charge in [-0.2, -0.15) is 0 Å². The van der Waals surface area contributed by atoms with Crippen molar-refractivity contribution in [2.75, 3.05) is 0 Å². The molecule has 0 radical (unpaired) electrons. The van der Waals surface area contributed by atoms with E-state index in [-0.39, 0.29) is 17.3 Å². The molecular formula is C21H31ClO4. The van der Waals surface area contributed by atoms with Crippen molar-refractivity contribution in [1.82, 2.24) is 0 Å². The highest BCUT2D eigenvalue weighted by molar-refractivity contribution is 6.30. The molecule has 10 atom stereocenters. The number of hydrogen-bond donors (Lipinski definition) is 4. The Balaban J connectivity index is 1.68. The molecule has 5 heteroatoms. The maximum absolute atomic E-state index is 11.2. The molecule has 0 saturated heterocycles. The van der Waals surface area contributed by atoms with Crippen LogP contribution in [-0.4, -0.2) is 44.3 Å². The highest BCUT2D eigenvalue weighted by Gasteiger charge is 2.68. The summed E-state index contributed by atoms with van der Waals surface area (Å²) in [5.41, 5.74) is -1.87. The van der Waals surface area contributed by atoms with Crippen LogP contribution in [0.4, 0.5) is 0 Å². The van der Waals surface area contributed by atoms with E-state index in [2.05, 4.69) is 25.1 Å². The second kappa shape index (κ2) is 6.09. The molecular weight excluding hydrogens is 352 g/mol. The molecule has 5 unspecified atom stereocenters. The van der Waals surface area contributed by atoms with Crippen molar-refractivity contribution in [3.8, 4) is 11.3 Å². The molecule has 4 nitrogen and oxygen atoms in total. The number of halogens is 1. The summed E-state index contributed by atoms with van der Waals surface area (Å²) < 4.78 is 0. The predicted molar refractivity (Wildman–Crippen MR) is 99.1 cm³/mol. The third-order valence-corrected chi connectivity index (χ3v) is 9.28. The minimum absolute atomic E-state index is 0.0206. The minimum Gasteiger partial charge on any atom is -0.390 e. The van der Waals surface area contributed by atoms with Crippen LogP contribution in [-0.2, 0) is 0 Å². The first kappa shape index (κ1) is 19.0. The Morgan fingerprint density at radius 1 is 0.923 bits per heavy atom. The molecule has 0 heterocycles. The largest absolute Gasteiger partial charge is 0.390 e. The summed E-state index contributed by atoms with van der Waals surface area (Å²) in [4.78, 5) is 0. The first-order valence-electron chi connectivity index (χ1n) is 10.1. The van der Waals surface area contributed by atoms with Crippen LogP contribution in [0.2, 0.25) is 0 Å². The Bertz CT molecular complexity index is 644. The van der Waals surface area contributed by atoms with Crippen molar-refractivity contribution in [2.45, 2.75) is 82.7 Å². The lowest BCUT2D eigenvalue weighted by Gasteiger charge is -2.61. The molecule has 0 aromatic rings. The second-order valence-electron chi connectivity index (χ2n) is 9.86. The van der Waals surface area contributed by atoms with Gasteiger partial charge < -0.3 is 20.4 Å². The first-order valence-corrected chi connectivity index (χ1v) is 10.5. The van der Waals surface area contributed by atoms with Crippen LogP contribution in [0.3, 0.4) is 0 Å². The van der Waals surface area contributed by atoms with E-state index < -0.39 is 29.3 Å². The van der Waals surface area contributed by atoms with E-state index in [1.54, 1.807) is 0 Å². The van der Waals surface area contributed by atoms with E-state index in [9.17, 15) is 20.4 Å². The molecule has 0 amide bonds. The fourth-order valence-electron chi connectivity index (χ4n) is 7.63. The Hall–Kier alpha value is -0.310. The third-order valence-electron chi connectivity index (χ3n) is 9.19. The molecule has 4 N–H and O–H groups in total. The smallest absolute Gasteiger partial charge is 0.157 e. The molecule has 0 spiro atoms. The Kier molecular flexibility index (Phi) is 4.46. The maximum atomic E-state index is 11.2. The lowest BCUT2D eigenvalue weighted by atomic mass is 9.44.